The zero-order valence-electron chi connectivity index (χ0n) is 9.19. The van der Waals surface area contributed by atoms with E-state index in [1.54, 1.807) is 0 Å². The molecule has 0 aliphatic carbocycles. The molecule has 0 spiro atoms. The number of benzene rings is 1. The average molecular weight is 228 g/mol. The molecular weight excluding hydrogens is 212 g/mol. The van der Waals surface area contributed by atoms with Crippen LogP contribution in [0.3, 0.4) is 0 Å². The molecule has 1 aromatic carbocycles. The molecule has 0 aliphatic rings. The fraction of sp³-hybridized carbons (Fsp3) is 0.455. The van der Waals surface area contributed by atoms with Crippen molar-refractivity contribution in [2.45, 2.75) is 32.1 Å². The van der Waals surface area contributed by atoms with Crippen LogP contribution in [0.4, 0.5) is 0 Å². The van der Waals surface area contributed by atoms with Crippen molar-refractivity contribution in [1.29, 1.82) is 0 Å². The van der Waals surface area contributed by atoms with E-state index in [1.807, 2.05) is 13.0 Å². The molecule has 0 saturated heterocycles. The van der Waals surface area contributed by atoms with E-state index >= 15 is 0 Å². The lowest BCUT2D eigenvalue weighted by atomic mass is 10.0. The van der Waals surface area contributed by atoms with E-state index in [4.69, 9.17) is 5.26 Å². The zero-order chi connectivity index (χ0) is 11.3. The quantitative estimate of drug-likeness (QED) is 0.474. The van der Waals surface area contributed by atoms with Crippen LogP contribution in [0.5, 0.6) is 0 Å². The Morgan fingerprint density at radius 3 is 2.73 bits per heavy atom. The van der Waals surface area contributed by atoms with E-state index in [2.05, 4.69) is 35.4 Å². The molecular formula is C11H16O3S. The van der Waals surface area contributed by atoms with Crippen LogP contribution in [0.1, 0.15) is 25.0 Å². The summed E-state index contributed by atoms with van der Waals surface area (Å²) in [5.74, 6) is 0.585. The molecule has 0 heterocycles. The molecule has 0 amide bonds. The maximum absolute atomic E-state index is 8.13. The molecule has 4 heteroatoms. The van der Waals surface area contributed by atoms with Crippen LogP contribution >= 0.6 is 12.0 Å². The highest BCUT2D eigenvalue weighted by Crippen LogP contribution is 2.26. The third-order valence-electron chi connectivity index (χ3n) is 2.01. The summed E-state index contributed by atoms with van der Waals surface area (Å²) in [5, 5.41) is 11.7. The Morgan fingerprint density at radius 2 is 2.13 bits per heavy atom. The van der Waals surface area contributed by atoms with Crippen molar-refractivity contribution in [1.82, 2.24) is 0 Å². The topological polar surface area (TPSA) is 38.7 Å². The summed E-state index contributed by atoms with van der Waals surface area (Å²) in [4.78, 5) is 0.984. The van der Waals surface area contributed by atoms with Gasteiger partial charge in [-0.2, -0.15) is 0 Å². The van der Waals surface area contributed by atoms with Gasteiger partial charge in [-0.15, -0.1) is 4.33 Å². The van der Waals surface area contributed by atoms with Gasteiger partial charge in [-0.25, -0.2) is 5.26 Å². The van der Waals surface area contributed by atoms with E-state index < -0.39 is 0 Å². The van der Waals surface area contributed by atoms with Gasteiger partial charge >= 0.3 is 0 Å². The van der Waals surface area contributed by atoms with Crippen LogP contribution < -0.4 is 0 Å². The Balaban J connectivity index is 2.82. The second-order valence-corrected chi connectivity index (χ2v) is 4.68. The number of hydrogen-bond donors (Lipinski definition) is 1. The molecule has 1 N–H and O–H groups in total. The van der Waals surface area contributed by atoms with E-state index in [0.29, 0.717) is 5.92 Å². The van der Waals surface area contributed by atoms with Crippen molar-refractivity contribution in [3.05, 3.63) is 29.3 Å². The van der Waals surface area contributed by atoms with Crippen molar-refractivity contribution in [3.8, 4) is 0 Å². The fourth-order valence-electron chi connectivity index (χ4n) is 1.40. The summed E-state index contributed by atoms with van der Waals surface area (Å²) < 4.78 is 4.47. The summed E-state index contributed by atoms with van der Waals surface area (Å²) in [6, 6.07) is 6.17. The molecule has 15 heavy (non-hydrogen) atoms. The summed E-state index contributed by atoms with van der Waals surface area (Å²) >= 11 is 1.03. The molecule has 0 atom stereocenters. The highest BCUT2D eigenvalue weighted by molar-refractivity contribution is 7.94. The lowest BCUT2D eigenvalue weighted by Crippen LogP contribution is -1.97. The van der Waals surface area contributed by atoms with Crippen LogP contribution in [0.2, 0.25) is 0 Å². The van der Waals surface area contributed by atoms with Crippen LogP contribution in [0.25, 0.3) is 0 Å². The van der Waals surface area contributed by atoms with E-state index in [-0.39, 0.29) is 0 Å². The first kappa shape index (κ1) is 12.5. The molecule has 0 aromatic heterocycles. The lowest BCUT2D eigenvalue weighted by Gasteiger charge is -2.10. The monoisotopic (exact) mass is 228 g/mol. The summed E-state index contributed by atoms with van der Waals surface area (Å²) in [7, 11) is 0. The van der Waals surface area contributed by atoms with Crippen LogP contribution in [-0.2, 0) is 15.8 Å². The Morgan fingerprint density at radius 1 is 1.40 bits per heavy atom. The first-order valence-corrected chi connectivity index (χ1v) is 5.62. The largest absolute Gasteiger partial charge is 0.220 e. The molecule has 0 bridgehead atoms. The molecule has 0 radical (unpaired) electrons. The second kappa shape index (κ2) is 6.12. The maximum Gasteiger partial charge on any atom is 0.0717 e. The van der Waals surface area contributed by atoms with Crippen LogP contribution in [0, 0.1) is 12.8 Å². The van der Waals surface area contributed by atoms with Gasteiger partial charge in [-0.3, -0.25) is 0 Å². The number of aryl methyl sites for hydroxylation is 1. The molecule has 0 saturated carbocycles. The Labute approximate surface area is 94.5 Å². The van der Waals surface area contributed by atoms with Crippen molar-refractivity contribution >= 4 is 12.0 Å². The van der Waals surface area contributed by atoms with Crippen LogP contribution in [-0.4, -0.2) is 5.26 Å². The normalized spacial score (nSPS) is 11.0. The first-order chi connectivity index (χ1) is 7.13. The van der Waals surface area contributed by atoms with Crippen molar-refractivity contribution in [2.24, 2.45) is 5.92 Å². The minimum absolute atomic E-state index is 0.585. The minimum Gasteiger partial charge on any atom is -0.220 e. The second-order valence-electron chi connectivity index (χ2n) is 3.94. The standard InChI is InChI=1S/C11H16O3S/c1-8(2)6-10-5-4-9(3)7-11(10)15-14-13-12/h4-5,7-8,12H,6H2,1-3H3. The van der Waals surface area contributed by atoms with Gasteiger partial charge in [0.05, 0.1) is 12.0 Å². The Hall–Kier alpha value is -0.550. The lowest BCUT2D eigenvalue weighted by molar-refractivity contribution is -0.432. The number of rotatable bonds is 5. The third-order valence-corrected chi connectivity index (χ3v) is 2.69. The van der Waals surface area contributed by atoms with Gasteiger partial charge in [0.2, 0.25) is 0 Å². The fourth-order valence-corrected chi connectivity index (χ4v) is 2.00. The molecule has 0 fully saturated rings. The molecule has 84 valence electrons. The summed E-state index contributed by atoms with van der Waals surface area (Å²) in [5.41, 5.74) is 2.36. The maximum atomic E-state index is 8.13. The zero-order valence-corrected chi connectivity index (χ0v) is 10.0. The van der Waals surface area contributed by atoms with Gasteiger partial charge < -0.3 is 0 Å². The van der Waals surface area contributed by atoms with Crippen molar-refractivity contribution in [2.75, 3.05) is 0 Å². The number of hydrogen-bond acceptors (Lipinski definition) is 4. The van der Waals surface area contributed by atoms with E-state index in [9.17, 15) is 0 Å². The van der Waals surface area contributed by atoms with Gasteiger partial charge in [0, 0.05) is 4.90 Å². The summed E-state index contributed by atoms with van der Waals surface area (Å²) in [6.07, 6.45) is 0.984. The minimum atomic E-state index is 0.585. The van der Waals surface area contributed by atoms with Gasteiger partial charge in [0.15, 0.2) is 0 Å². The average Bonchev–Trinajstić information content (AvgIpc) is 2.18. The van der Waals surface area contributed by atoms with Crippen LogP contribution in [0.15, 0.2) is 23.1 Å². The molecule has 1 aromatic rings. The third kappa shape index (κ3) is 4.22. The van der Waals surface area contributed by atoms with E-state index in [0.717, 1.165) is 28.9 Å². The highest BCUT2D eigenvalue weighted by Gasteiger charge is 2.07. The van der Waals surface area contributed by atoms with Gasteiger partial charge in [-0.1, -0.05) is 31.0 Å². The molecule has 0 aliphatic heterocycles. The highest BCUT2D eigenvalue weighted by atomic mass is 32.2. The van der Waals surface area contributed by atoms with Gasteiger partial charge in [0.1, 0.15) is 0 Å². The molecule has 0 unspecified atom stereocenters. The first-order valence-electron chi connectivity index (χ1n) is 4.87. The van der Waals surface area contributed by atoms with Gasteiger partial charge in [-0.05, 0) is 36.5 Å². The molecule has 3 nitrogen and oxygen atoms in total. The smallest absolute Gasteiger partial charge is 0.0717 e. The Bertz CT molecular complexity index is 313. The Kier molecular flexibility index (Phi) is 5.11. The summed E-state index contributed by atoms with van der Waals surface area (Å²) in [6.45, 7) is 6.35. The predicted octanol–water partition coefficient (Wildman–Crippen LogP) is 3.62. The van der Waals surface area contributed by atoms with Gasteiger partial charge in [0.25, 0.3) is 0 Å². The molecule has 1 rings (SSSR count). The van der Waals surface area contributed by atoms with Crippen molar-refractivity contribution < 1.29 is 14.6 Å². The van der Waals surface area contributed by atoms with E-state index in [1.165, 1.54) is 5.56 Å². The SMILES string of the molecule is Cc1ccc(CC(C)C)c(SOOO)c1. The predicted molar refractivity (Wildman–Crippen MR) is 60.4 cm³/mol. The van der Waals surface area contributed by atoms with Crippen molar-refractivity contribution in [3.63, 3.8) is 0 Å².